The predicted molar refractivity (Wildman–Crippen MR) is 63.8 cm³/mol. The Morgan fingerprint density at radius 3 is 3.00 bits per heavy atom. The Morgan fingerprint density at radius 1 is 1.58 bits per heavy atom. The quantitative estimate of drug-likeness (QED) is 0.632. The zero-order valence-electron chi connectivity index (χ0n) is 10.0. The van der Waals surface area contributed by atoms with Crippen molar-refractivity contribution in [2.45, 2.75) is 6.54 Å². The molecule has 1 aromatic heterocycles. The Morgan fingerprint density at radius 2 is 2.37 bits per heavy atom. The fraction of sp³-hybridized carbons (Fsp3) is 0.182. The Labute approximate surface area is 107 Å². The molecule has 0 radical (unpaired) electrons. The lowest BCUT2D eigenvalue weighted by atomic mass is 10.1. The Hall–Kier alpha value is -2.64. The first-order valence-corrected chi connectivity index (χ1v) is 5.28. The average molecular weight is 266 g/mol. The van der Waals surface area contributed by atoms with Gasteiger partial charge < -0.3 is 20.3 Å². The molecule has 0 aliphatic rings. The van der Waals surface area contributed by atoms with Gasteiger partial charge in [-0.2, -0.15) is 4.98 Å². The lowest BCUT2D eigenvalue weighted by Gasteiger charge is -2.09. The second-order valence-electron chi connectivity index (χ2n) is 3.61. The summed E-state index contributed by atoms with van der Waals surface area (Å²) in [5.41, 5.74) is 5.74. The summed E-state index contributed by atoms with van der Waals surface area (Å²) in [7, 11) is 1.22. The van der Waals surface area contributed by atoms with Gasteiger partial charge in [-0.3, -0.25) is 0 Å². The Kier molecular flexibility index (Phi) is 3.60. The number of methoxy groups -OCH3 is 1. The summed E-state index contributed by atoms with van der Waals surface area (Å²) >= 11 is 0. The van der Waals surface area contributed by atoms with Crippen LogP contribution in [0.2, 0.25) is 0 Å². The number of benzene rings is 1. The van der Waals surface area contributed by atoms with Gasteiger partial charge in [0.15, 0.2) is 5.82 Å². The van der Waals surface area contributed by atoms with Crippen LogP contribution in [0.1, 0.15) is 16.2 Å². The van der Waals surface area contributed by atoms with Crippen molar-refractivity contribution in [3.05, 3.63) is 35.7 Å². The molecule has 1 aromatic carbocycles. The van der Waals surface area contributed by atoms with Gasteiger partial charge in [-0.1, -0.05) is 5.16 Å². The monoisotopic (exact) mass is 266 g/mol. The van der Waals surface area contributed by atoms with Crippen LogP contribution in [-0.2, 0) is 11.3 Å². The van der Waals surface area contributed by atoms with Crippen molar-refractivity contribution in [3.8, 4) is 0 Å². The Balaban J connectivity index is 2.22. The smallest absolute Gasteiger partial charge is 0.340 e. The van der Waals surface area contributed by atoms with Crippen LogP contribution < -0.4 is 11.1 Å². The predicted octanol–water partition coefficient (Wildman–Crippen LogP) is 1.19. The summed E-state index contributed by atoms with van der Waals surface area (Å²) in [6.07, 6.45) is 1.16. The van der Waals surface area contributed by atoms with Gasteiger partial charge in [-0.25, -0.2) is 9.18 Å². The second-order valence-corrected chi connectivity index (χ2v) is 3.61. The van der Waals surface area contributed by atoms with Gasteiger partial charge in [0.2, 0.25) is 6.39 Å². The number of nitrogens with one attached hydrogen (secondary N) is 1. The van der Waals surface area contributed by atoms with E-state index in [0.29, 0.717) is 5.82 Å². The third kappa shape index (κ3) is 2.79. The molecule has 8 heteroatoms. The maximum Gasteiger partial charge on any atom is 0.340 e. The van der Waals surface area contributed by atoms with Crippen LogP contribution in [0.5, 0.6) is 0 Å². The number of halogens is 1. The van der Waals surface area contributed by atoms with Gasteiger partial charge in [0.05, 0.1) is 24.9 Å². The standard InChI is InChI=1S/C11H11FN4O3/c1-18-11(17)6-2-9(7(12)3-8(6)13)14-4-10-15-5-19-16-10/h2-3,5,14H,4,13H2,1H3. The molecule has 0 aliphatic heterocycles. The highest BCUT2D eigenvalue weighted by Crippen LogP contribution is 2.23. The summed E-state index contributed by atoms with van der Waals surface area (Å²) in [6.45, 7) is 0.151. The first kappa shape index (κ1) is 12.8. The molecule has 100 valence electrons. The van der Waals surface area contributed by atoms with E-state index in [1.807, 2.05) is 0 Å². The number of nitrogen functional groups attached to an aromatic ring is 1. The van der Waals surface area contributed by atoms with Gasteiger partial charge >= 0.3 is 5.97 Å². The number of nitrogens with zero attached hydrogens (tertiary/aromatic N) is 2. The third-order valence-corrected chi connectivity index (χ3v) is 2.39. The number of esters is 1. The van der Waals surface area contributed by atoms with Crippen molar-refractivity contribution in [2.75, 3.05) is 18.2 Å². The number of nitrogens with two attached hydrogens (primary N) is 1. The summed E-state index contributed by atoms with van der Waals surface area (Å²) in [4.78, 5) is 15.2. The maximum absolute atomic E-state index is 13.7. The molecule has 2 aromatic rings. The van der Waals surface area contributed by atoms with E-state index in [1.165, 1.54) is 13.2 Å². The molecule has 0 aliphatic carbocycles. The van der Waals surface area contributed by atoms with Gasteiger partial charge in [-0.05, 0) is 12.1 Å². The molecule has 3 N–H and O–H groups in total. The number of anilines is 2. The highest BCUT2D eigenvalue weighted by atomic mass is 19.1. The van der Waals surface area contributed by atoms with Gasteiger partial charge in [0.1, 0.15) is 5.82 Å². The minimum absolute atomic E-state index is 0.00876. The van der Waals surface area contributed by atoms with Crippen LogP contribution in [0.3, 0.4) is 0 Å². The first-order chi connectivity index (χ1) is 9.11. The molecule has 0 saturated heterocycles. The molecule has 0 atom stereocenters. The lowest BCUT2D eigenvalue weighted by molar-refractivity contribution is 0.0602. The molecule has 0 spiro atoms. The van der Waals surface area contributed by atoms with Crippen LogP contribution in [0.25, 0.3) is 0 Å². The zero-order valence-corrected chi connectivity index (χ0v) is 10.0. The van der Waals surface area contributed by atoms with Gasteiger partial charge in [-0.15, -0.1) is 0 Å². The largest absolute Gasteiger partial charge is 0.465 e. The number of ether oxygens (including phenoxy) is 1. The molecular weight excluding hydrogens is 255 g/mol. The average Bonchev–Trinajstić information content (AvgIpc) is 2.90. The summed E-state index contributed by atoms with van der Waals surface area (Å²) in [5.74, 6) is -0.871. The molecular formula is C11H11FN4O3. The van der Waals surface area contributed by atoms with Crippen molar-refractivity contribution in [3.63, 3.8) is 0 Å². The van der Waals surface area contributed by atoms with E-state index < -0.39 is 11.8 Å². The van der Waals surface area contributed by atoms with E-state index in [4.69, 9.17) is 5.73 Å². The van der Waals surface area contributed by atoms with Crippen molar-refractivity contribution in [2.24, 2.45) is 0 Å². The van der Waals surface area contributed by atoms with Crippen LogP contribution in [-0.4, -0.2) is 23.2 Å². The summed E-state index contributed by atoms with van der Waals surface area (Å²) < 4.78 is 22.8. The van der Waals surface area contributed by atoms with Crippen LogP contribution in [0.15, 0.2) is 23.0 Å². The van der Waals surface area contributed by atoms with Crippen LogP contribution in [0, 0.1) is 5.82 Å². The van der Waals surface area contributed by atoms with E-state index in [9.17, 15) is 9.18 Å². The number of carbonyl (C=O) groups excluding carboxylic acids is 1. The van der Waals surface area contributed by atoms with Gasteiger partial charge in [0, 0.05) is 5.69 Å². The molecule has 19 heavy (non-hydrogen) atoms. The van der Waals surface area contributed by atoms with E-state index in [2.05, 4.69) is 24.7 Å². The first-order valence-electron chi connectivity index (χ1n) is 5.28. The SMILES string of the molecule is COC(=O)c1cc(NCc2ncon2)c(F)cc1N. The molecule has 0 saturated carbocycles. The number of hydrogen-bond acceptors (Lipinski definition) is 7. The van der Waals surface area contributed by atoms with E-state index >= 15 is 0 Å². The molecule has 7 nitrogen and oxygen atoms in total. The molecule has 2 rings (SSSR count). The molecule has 0 fully saturated rings. The highest BCUT2D eigenvalue weighted by molar-refractivity contribution is 5.96. The second kappa shape index (κ2) is 5.34. The van der Waals surface area contributed by atoms with Crippen LogP contribution >= 0.6 is 0 Å². The zero-order chi connectivity index (χ0) is 13.8. The summed E-state index contributed by atoms with van der Waals surface area (Å²) in [6, 6.07) is 2.32. The van der Waals surface area contributed by atoms with E-state index in [-0.39, 0.29) is 23.5 Å². The number of rotatable bonds is 4. The highest BCUT2D eigenvalue weighted by Gasteiger charge is 2.14. The van der Waals surface area contributed by atoms with E-state index in [0.717, 1.165) is 12.5 Å². The topological polar surface area (TPSA) is 103 Å². The molecule has 0 amide bonds. The van der Waals surface area contributed by atoms with Gasteiger partial charge in [0.25, 0.3) is 0 Å². The third-order valence-electron chi connectivity index (χ3n) is 2.39. The minimum Gasteiger partial charge on any atom is -0.465 e. The van der Waals surface area contributed by atoms with Crippen LogP contribution in [0.4, 0.5) is 15.8 Å². The number of carbonyl (C=O) groups is 1. The van der Waals surface area contributed by atoms with Crippen molar-refractivity contribution in [1.82, 2.24) is 10.1 Å². The van der Waals surface area contributed by atoms with Crippen molar-refractivity contribution in [1.29, 1.82) is 0 Å². The fourth-order valence-corrected chi connectivity index (χ4v) is 1.46. The molecule has 0 unspecified atom stereocenters. The summed E-state index contributed by atoms with van der Waals surface area (Å²) in [5, 5.41) is 6.30. The normalized spacial score (nSPS) is 10.2. The number of aromatic nitrogens is 2. The molecule has 1 heterocycles. The van der Waals surface area contributed by atoms with E-state index in [1.54, 1.807) is 0 Å². The Bertz CT molecular complexity index is 586. The minimum atomic E-state index is -0.639. The maximum atomic E-state index is 13.7. The van der Waals surface area contributed by atoms with Crippen molar-refractivity contribution < 1.29 is 18.4 Å². The lowest BCUT2D eigenvalue weighted by Crippen LogP contribution is -2.09. The number of hydrogen-bond donors (Lipinski definition) is 2. The fourth-order valence-electron chi connectivity index (χ4n) is 1.46. The molecule has 0 bridgehead atoms. The van der Waals surface area contributed by atoms with Crippen molar-refractivity contribution >= 4 is 17.3 Å².